The second-order valence-corrected chi connectivity index (χ2v) is 10.9. The number of hydrogen-bond donors (Lipinski definition) is 2. The van der Waals surface area contributed by atoms with Crippen LogP contribution in [-0.2, 0) is 11.2 Å². The predicted molar refractivity (Wildman–Crippen MR) is 137 cm³/mol. The van der Waals surface area contributed by atoms with Crippen LogP contribution in [0.15, 0.2) is 24.5 Å². The highest BCUT2D eigenvalue weighted by atomic mass is 16.2. The molecule has 1 aliphatic carbocycles. The number of hydrogen-bond acceptors (Lipinski definition) is 8. The molecule has 0 aromatic carbocycles. The maximum absolute atomic E-state index is 12.7. The molecule has 3 fully saturated rings. The topological polar surface area (TPSA) is 89.5 Å². The lowest BCUT2D eigenvalue weighted by Gasteiger charge is -2.47. The van der Waals surface area contributed by atoms with Crippen LogP contribution in [0, 0.1) is 0 Å². The smallest absolute Gasteiger partial charge is 0.243 e. The first-order chi connectivity index (χ1) is 16.9. The molecule has 2 unspecified atom stereocenters. The minimum absolute atomic E-state index is 0.00786. The Kier molecular flexibility index (Phi) is 5.55. The zero-order valence-electron chi connectivity index (χ0n) is 21.0. The number of amides is 1. The third-order valence-electron chi connectivity index (χ3n) is 8.43. The van der Waals surface area contributed by atoms with Crippen molar-refractivity contribution in [1.82, 2.24) is 25.2 Å². The molecule has 9 heteroatoms. The molecule has 3 aliphatic heterocycles. The van der Waals surface area contributed by atoms with Crippen LogP contribution in [-0.4, -0.2) is 75.6 Å². The van der Waals surface area contributed by atoms with E-state index < -0.39 is 0 Å². The summed E-state index contributed by atoms with van der Waals surface area (Å²) in [7, 11) is 0. The van der Waals surface area contributed by atoms with Gasteiger partial charge in [0.15, 0.2) is 0 Å². The molecule has 35 heavy (non-hydrogen) atoms. The van der Waals surface area contributed by atoms with Crippen LogP contribution in [0.5, 0.6) is 0 Å². The summed E-state index contributed by atoms with van der Waals surface area (Å²) in [5.74, 6) is 2.28. The molecule has 1 saturated carbocycles. The van der Waals surface area contributed by atoms with E-state index in [9.17, 15) is 4.79 Å². The number of carbonyl (C=O) groups excluding carboxylic acids is 1. The van der Waals surface area contributed by atoms with Gasteiger partial charge in [0.1, 0.15) is 17.7 Å². The average Bonchev–Trinajstić information content (AvgIpc) is 3.48. The van der Waals surface area contributed by atoms with Gasteiger partial charge in [0.25, 0.3) is 0 Å². The number of rotatable bonds is 4. The van der Waals surface area contributed by atoms with Crippen molar-refractivity contribution in [3.05, 3.63) is 30.1 Å². The Morgan fingerprint density at radius 1 is 1.14 bits per heavy atom. The Morgan fingerprint density at radius 2 is 1.97 bits per heavy atom. The van der Waals surface area contributed by atoms with Gasteiger partial charge in [0.05, 0.1) is 17.4 Å². The fourth-order valence-corrected chi connectivity index (χ4v) is 6.66. The first-order valence-corrected chi connectivity index (χ1v) is 13.1. The van der Waals surface area contributed by atoms with E-state index in [2.05, 4.69) is 62.1 Å². The van der Waals surface area contributed by atoms with Crippen molar-refractivity contribution in [3.8, 4) is 0 Å². The number of anilines is 4. The summed E-state index contributed by atoms with van der Waals surface area (Å²) in [4.78, 5) is 34.1. The number of fused-ring (bicyclic) bond motifs is 4. The highest BCUT2D eigenvalue weighted by molar-refractivity contribution is 5.90. The van der Waals surface area contributed by atoms with Gasteiger partial charge in [-0.25, -0.2) is 9.97 Å². The van der Waals surface area contributed by atoms with Gasteiger partial charge in [0, 0.05) is 56.4 Å². The molecule has 6 rings (SSSR count). The third kappa shape index (κ3) is 3.90. The highest BCUT2D eigenvalue weighted by Crippen LogP contribution is 2.45. The Morgan fingerprint density at radius 3 is 2.69 bits per heavy atom. The molecule has 0 radical (unpaired) electrons. The summed E-state index contributed by atoms with van der Waals surface area (Å²) in [5.41, 5.74) is 2.19. The molecule has 1 amide bonds. The van der Waals surface area contributed by atoms with E-state index in [-0.39, 0.29) is 17.5 Å². The van der Waals surface area contributed by atoms with Gasteiger partial charge in [-0.15, -0.1) is 0 Å². The predicted octanol–water partition coefficient (Wildman–Crippen LogP) is 2.71. The average molecular weight is 477 g/mol. The van der Waals surface area contributed by atoms with Crippen LogP contribution >= 0.6 is 0 Å². The molecule has 186 valence electrons. The van der Waals surface area contributed by atoms with Gasteiger partial charge in [-0.3, -0.25) is 9.69 Å². The third-order valence-corrected chi connectivity index (χ3v) is 8.43. The number of nitrogens with zero attached hydrogens (tertiary/aromatic N) is 6. The van der Waals surface area contributed by atoms with E-state index in [0.29, 0.717) is 31.0 Å². The zero-order valence-corrected chi connectivity index (χ0v) is 21.0. The second-order valence-electron chi connectivity index (χ2n) is 10.9. The number of piperazine rings is 2. The largest absolute Gasteiger partial charge is 0.367 e. The van der Waals surface area contributed by atoms with Gasteiger partial charge in [-0.1, -0.05) is 12.8 Å². The summed E-state index contributed by atoms with van der Waals surface area (Å²) >= 11 is 0. The Labute approximate surface area is 207 Å². The lowest BCUT2D eigenvalue weighted by Crippen LogP contribution is -2.66. The summed E-state index contributed by atoms with van der Waals surface area (Å²) in [6.07, 6.45) is 9.10. The molecule has 2 aromatic heterocycles. The van der Waals surface area contributed by atoms with Crippen LogP contribution in [0.25, 0.3) is 0 Å². The van der Waals surface area contributed by atoms with Gasteiger partial charge in [-0.2, -0.15) is 4.98 Å². The molecule has 2 aromatic rings. The lowest BCUT2D eigenvalue weighted by molar-refractivity contribution is -0.124. The minimum Gasteiger partial charge on any atom is -0.367 e. The molecule has 9 nitrogen and oxygen atoms in total. The first kappa shape index (κ1) is 22.5. The first-order valence-electron chi connectivity index (χ1n) is 13.1. The minimum atomic E-state index is -0.169. The van der Waals surface area contributed by atoms with Crippen molar-refractivity contribution in [3.63, 3.8) is 0 Å². The summed E-state index contributed by atoms with van der Waals surface area (Å²) in [6, 6.07) is 5.05. The maximum Gasteiger partial charge on any atom is 0.243 e. The maximum atomic E-state index is 12.7. The van der Waals surface area contributed by atoms with Crippen molar-refractivity contribution >= 4 is 29.2 Å². The number of carbonyl (C=O) groups is 1. The SMILES string of the molecule is CC(C)N1CCN(c2ccc(Nc3ncc4c(n3)N3C(C4)C(=O)NCC34CCCC4)nc2)CC1C. The van der Waals surface area contributed by atoms with Gasteiger partial charge >= 0.3 is 0 Å². The molecule has 2 N–H and O–H groups in total. The second kappa shape index (κ2) is 8.62. The molecule has 0 bridgehead atoms. The quantitative estimate of drug-likeness (QED) is 0.696. The number of nitrogens with one attached hydrogen (secondary N) is 2. The molecule has 2 saturated heterocycles. The van der Waals surface area contributed by atoms with Gasteiger partial charge in [0.2, 0.25) is 11.9 Å². The zero-order chi connectivity index (χ0) is 24.2. The van der Waals surface area contributed by atoms with Crippen LogP contribution in [0.1, 0.15) is 52.0 Å². The van der Waals surface area contributed by atoms with E-state index >= 15 is 0 Å². The fraction of sp³-hybridized carbons (Fsp3) is 0.615. The number of aromatic nitrogens is 3. The van der Waals surface area contributed by atoms with E-state index in [1.54, 1.807) is 0 Å². The van der Waals surface area contributed by atoms with Crippen molar-refractivity contribution < 1.29 is 4.79 Å². The van der Waals surface area contributed by atoms with E-state index in [1.807, 2.05) is 18.5 Å². The molecule has 2 atom stereocenters. The Balaban J connectivity index is 1.18. The van der Waals surface area contributed by atoms with Crippen molar-refractivity contribution in [2.75, 3.05) is 41.3 Å². The van der Waals surface area contributed by atoms with E-state index in [4.69, 9.17) is 4.98 Å². The molecular formula is C26H36N8O. The Bertz CT molecular complexity index is 1100. The fourth-order valence-electron chi connectivity index (χ4n) is 6.66. The normalized spacial score (nSPS) is 25.7. The van der Waals surface area contributed by atoms with Crippen molar-refractivity contribution in [1.29, 1.82) is 0 Å². The standard InChI is InChI=1S/C26H36N8O/c1-17(2)33-11-10-32(15-18(33)3)20-6-7-22(27-14-20)30-25-28-13-19-12-21-24(35)29-16-26(8-4-5-9-26)34(21)23(19)31-25/h6-7,13-14,17-18,21H,4-5,8-12,15-16H2,1-3H3,(H,29,35)(H,27,28,30,31). The molecule has 4 aliphatic rings. The van der Waals surface area contributed by atoms with Crippen LogP contribution < -0.4 is 20.4 Å². The number of pyridine rings is 1. The highest BCUT2D eigenvalue weighted by Gasteiger charge is 2.52. The summed E-state index contributed by atoms with van der Waals surface area (Å²) in [6.45, 7) is 10.6. The van der Waals surface area contributed by atoms with Crippen molar-refractivity contribution in [2.24, 2.45) is 0 Å². The molecule has 1 spiro atoms. The van der Waals surface area contributed by atoms with Crippen LogP contribution in [0.2, 0.25) is 0 Å². The molecule has 5 heterocycles. The van der Waals surface area contributed by atoms with E-state index in [0.717, 1.165) is 55.4 Å². The monoisotopic (exact) mass is 476 g/mol. The Hall–Kier alpha value is -2.94. The molecular weight excluding hydrogens is 440 g/mol. The van der Waals surface area contributed by atoms with Crippen LogP contribution in [0.3, 0.4) is 0 Å². The van der Waals surface area contributed by atoms with Crippen LogP contribution in [0.4, 0.5) is 23.3 Å². The van der Waals surface area contributed by atoms with Gasteiger partial charge in [-0.05, 0) is 45.7 Å². The summed E-state index contributed by atoms with van der Waals surface area (Å²) in [5, 5.41) is 6.45. The van der Waals surface area contributed by atoms with Crippen molar-refractivity contribution in [2.45, 2.75) is 76.5 Å². The van der Waals surface area contributed by atoms with Gasteiger partial charge < -0.3 is 20.4 Å². The lowest BCUT2D eigenvalue weighted by atomic mass is 9.90. The summed E-state index contributed by atoms with van der Waals surface area (Å²) < 4.78 is 0. The van der Waals surface area contributed by atoms with E-state index in [1.165, 1.54) is 12.8 Å².